The fourth-order valence-electron chi connectivity index (χ4n) is 3.57. The van der Waals surface area contributed by atoms with Crippen molar-refractivity contribution < 1.29 is 9.53 Å². The Bertz CT molecular complexity index is 780. The van der Waals surface area contributed by atoms with E-state index in [1.54, 1.807) is 6.92 Å². The number of likely N-dealkylation sites (tertiary alicyclic amines) is 1. The second-order valence-corrected chi connectivity index (χ2v) is 7.83. The van der Waals surface area contributed by atoms with Gasteiger partial charge in [-0.2, -0.15) is 0 Å². The summed E-state index contributed by atoms with van der Waals surface area (Å²) in [6, 6.07) is 14.5. The van der Waals surface area contributed by atoms with Gasteiger partial charge in [-0.25, -0.2) is 0 Å². The molecule has 1 aliphatic rings. The first-order valence-corrected chi connectivity index (χ1v) is 10.3. The molecule has 1 fully saturated rings. The number of hydrogen-bond acceptors (Lipinski definition) is 3. The van der Waals surface area contributed by atoms with Crippen LogP contribution >= 0.6 is 0 Å². The zero-order chi connectivity index (χ0) is 19.9. The SMILES string of the molecule is Cc1cccc(O[C@@H](C)C(=O)NCc2ccc(CN3CCCCC3)cc2)c1C. The Balaban J connectivity index is 1.47. The summed E-state index contributed by atoms with van der Waals surface area (Å²) in [5.74, 6) is 0.669. The van der Waals surface area contributed by atoms with E-state index in [0.29, 0.717) is 6.54 Å². The van der Waals surface area contributed by atoms with Gasteiger partial charge < -0.3 is 10.1 Å². The van der Waals surface area contributed by atoms with E-state index in [0.717, 1.165) is 29.0 Å². The summed E-state index contributed by atoms with van der Waals surface area (Å²) in [5.41, 5.74) is 4.68. The minimum absolute atomic E-state index is 0.0988. The molecule has 28 heavy (non-hydrogen) atoms. The topological polar surface area (TPSA) is 41.6 Å². The molecule has 0 spiro atoms. The highest BCUT2D eigenvalue weighted by Crippen LogP contribution is 2.21. The number of ether oxygens (including phenoxy) is 1. The number of nitrogens with zero attached hydrogens (tertiary/aromatic N) is 1. The molecule has 0 aromatic heterocycles. The maximum atomic E-state index is 12.4. The molecule has 150 valence electrons. The lowest BCUT2D eigenvalue weighted by Crippen LogP contribution is -2.36. The highest BCUT2D eigenvalue weighted by atomic mass is 16.5. The summed E-state index contributed by atoms with van der Waals surface area (Å²) in [7, 11) is 0. The van der Waals surface area contributed by atoms with Crippen molar-refractivity contribution in [3.8, 4) is 5.75 Å². The molecule has 0 radical (unpaired) electrons. The van der Waals surface area contributed by atoms with Crippen molar-refractivity contribution in [2.75, 3.05) is 13.1 Å². The molecule has 1 N–H and O–H groups in total. The molecule has 1 amide bonds. The van der Waals surface area contributed by atoms with E-state index in [1.165, 1.54) is 37.9 Å². The number of hydrogen-bond donors (Lipinski definition) is 1. The second-order valence-electron chi connectivity index (χ2n) is 7.83. The van der Waals surface area contributed by atoms with Crippen LogP contribution in [0.3, 0.4) is 0 Å². The zero-order valence-corrected chi connectivity index (χ0v) is 17.3. The van der Waals surface area contributed by atoms with Gasteiger partial charge >= 0.3 is 0 Å². The van der Waals surface area contributed by atoms with Gasteiger partial charge in [0, 0.05) is 13.1 Å². The number of piperidine rings is 1. The molecular formula is C24H32N2O2. The molecule has 0 unspecified atom stereocenters. The monoisotopic (exact) mass is 380 g/mol. The molecule has 1 aliphatic heterocycles. The number of benzene rings is 2. The van der Waals surface area contributed by atoms with E-state index in [9.17, 15) is 4.79 Å². The molecule has 4 nitrogen and oxygen atoms in total. The predicted molar refractivity (Wildman–Crippen MR) is 113 cm³/mol. The van der Waals surface area contributed by atoms with Gasteiger partial charge in [0.1, 0.15) is 5.75 Å². The summed E-state index contributed by atoms with van der Waals surface area (Å²) < 4.78 is 5.86. The summed E-state index contributed by atoms with van der Waals surface area (Å²) >= 11 is 0. The van der Waals surface area contributed by atoms with E-state index in [1.807, 2.05) is 32.0 Å². The molecular weight excluding hydrogens is 348 g/mol. The van der Waals surface area contributed by atoms with E-state index >= 15 is 0 Å². The van der Waals surface area contributed by atoms with Crippen molar-refractivity contribution in [3.05, 3.63) is 64.7 Å². The number of rotatable bonds is 7. The van der Waals surface area contributed by atoms with Gasteiger partial charge in [-0.05, 0) is 75.0 Å². The highest BCUT2D eigenvalue weighted by Gasteiger charge is 2.16. The summed E-state index contributed by atoms with van der Waals surface area (Å²) in [6.07, 6.45) is 3.46. The van der Waals surface area contributed by atoms with Crippen LogP contribution in [-0.4, -0.2) is 30.0 Å². The van der Waals surface area contributed by atoms with Gasteiger partial charge in [-0.15, -0.1) is 0 Å². The number of nitrogens with one attached hydrogen (secondary N) is 1. The third-order valence-corrected chi connectivity index (χ3v) is 5.57. The van der Waals surface area contributed by atoms with Crippen LogP contribution in [0.1, 0.15) is 48.4 Å². The van der Waals surface area contributed by atoms with E-state index < -0.39 is 6.10 Å². The fourth-order valence-corrected chi connectivity index (χ4v) is 3.57. The van der Waals surface area contributed by atoms with Crippen LogP contribution in [0.2, 0.25) is 0 Å². The third-order valence-electron chi connectivity index (χ3n) is 5.57. The summed E-state index contributed by atoms with van der Waals surface area (Å²) in [6.45, 7) is 9.80. The largest absolute Gasteiger partial charge is 0.481 e. The van der Waals surface area contributed by atoms with Crippen LogP contribution < -0.4 is 10.1 Å². The Hall–Kier alpha value is -2.33. The van der Waals surface area contributed by atoms with Crippen LogP contribution in [0.15, 0.2) is 42.5 Å². The van der Waals surface area contributed by atoms with Crippen molar-refractivity contribution in [2.24, 2.45) is 0 Å². The second kappa shape index (κ2) is 9.74. The van der Waals surface area contributed by atoms with Gasteiger partial charge in [-0.1, -0.05) is 42.8 Å². The minimum atomic E-state index is -0.529. The number of carbonyl (C=O) groups excluding carboxylic acids is 1. The third kappa shape index (κ3) is 5.59. The molecule has 1 saturated heterocycles. The van der Waals surface area contributed by atoms with Gasteiger partial charge in [0.2, 0.25) is 0 Å². The lowest BCUT2D eigenvalue weighted by Gasteiger charge is -2.26. The molecule has 0 saturated carbocycles. The van der Waals surface area contributed by atoms with Crippen molar-refractivity contribution in [1.29, 1.82) is 0 Å². The van der Waals surface area contributed by atoms with Gasteiger partial charge in [0.05, 0.1) is 0 Å². The fraction of sp³-hybridized carbons (Fsp3) is 0.458. The standard InChI is InChI=1S/C24H32N2O2/c1-18-8-7-9-23(19(18)2)28-20(3)24(27)25-16-21-10-12-22(13-11-21)17-26-14-5-4-6-15-26/h7-13,20H,4-6,14-17H2,1-3H3,(H,25,27)/t20-/m0/s1. The molecule has 4 heteroatoms. The average Bonchev–Trinajstić information content (AvgIpc) is 2.71. The summed E-state index contributed by atoms with van der Waals surface area (Å²) in [5, 5.41) is 2.98. The Kier molecular flexibility index (Phi) is 7.10. The first-order chi connectivity index (χ1) is 13.5. The zero-order valence-electron chi connectivity index (χ0n) is 17.3. The minimum Gasteiger partial charge on any atom is -0.481 e. The maximum Gasteiger partial charge on any atom is 0.261 e. The quantitative estimate of drug-likeness (QED) is 0.775. The molecule has 1 heterocycles. The summed E-state index contributed by atoms with van der Waals surface area (Å²) in [4.78, 5) is 14.9. The van der Waals surface area contributed by atoms with Crippen LogP contribution in [0, 0.1) is 13.8 Å². The Morgan fingerprint density at radius 2 is 1.71 bits per heavy atom. The maximum absolute atomic E-state index is 12.4. The van der Waals surface area contributed by atoms with Crippen LogP contribution in [0.4, 0.5) is 0 Å². The lowest BCUT2D eigenvalue weighted by molar-refractivity contribution is -0.127. The van der Waals surface area contributed by atoms with E-state index in [-0.39, 0.29) is 5.91 Å². The smallest absolute Gasteiger partial charge is 0.261 e. The van der Waals surface area contributed by atoms with Gasteiger partial charge in [0.15, 0.2) is 6.10 Å². The predicted octanol–water partition coefficient (Wildman–Crippen LogP) is 4.37. The number of carbonyl (C=O) groups is 1. The van der Waals surface area contributed by atoms with Crippen molar-refractivity contribution in [3.63, 3.8) is 0 Å². The lowest BCUT2D eigenvalue weighted by atomic mass is 10.1. The Morgan fingerprint density at radius 3 is 2.43 bits per heavy atom. The molecule has 3 rings (SSSR count). The Morgan fingerprint density at radius 1 is 1.04 bits per heavy atom. The van der Waals surface area contributed by atoms with E-state index in [2.05, 4.69) is 34.5 Å². The number of aryl methyl sites for hydroxylation is 1. The first kappa shape index (κ1) is 20.4. The van der Waals surface area contributed by atoms with E-state index in [4.69, 9.17) is 4.74 Å². The number of amides is 1. The average molecular weight is 381 g/mol. The molecule has 1 atom stereocenters. The molecule has 2 aromatic rings. The van der Waals surface area contributed by atoms with Gasteiger partial charge in [-0.3, -0.25) is 9.69 Å². The molecule has 0 bridgehead atoms. The first-order valence-electron chi connectivity index (χ1n) is 10.3. The van der Waals surface area contributed by atoms with Crippen molar-refractivity contribution >= 4 is 5.91 Å². The molecule has 2 aromatic carbocycles. The highest BCUT2D eigenvalue weighted by molar-refractivity contribution is 5.80. The molecule has 0 aliphatic carbocycles. The van der Waals surface area contributed by atoms with Crippen molar-refractivity contribution in [2.45, 2.75) is 59.2 Å². The van der Waals surface area contributed by atoms with Crippen LogP contribution in [0.25, 0.3) is 0 Å². The van der Waals surface area contributed by atoms with Crippen LogP contribution in [0.5, 0.6) is 5.75 Å². The Labute approximate surface area is 168 Å². The van der Waals surface area contributed by atoms with Gasteiger partial charge in [0.25, 0.3) is 5.91 Å². The van der Waals surface area contributed by atoms with Crippen LogP contribution in [-0.2, 0) is 17.9 Å². The normalized spacial score (nSPS) is 15.8. The van der Waals surface area contributed by atoms with Crippen molar-refractivity contribution in [1.82, 2.24) is 10.2 Å².